The Morgan fingerprint density at radius 3 is 2.12 bits per heavy atom. The Balaban J connectivity index is 2.25. The highest BCUT2D eigenvalue weighted by atomic mass is 35.5. The number of hydrogen-bond acceptors (Lipinski definition) is 6. The SMILES string of the molecule is CCOC(=O)c1[nH]c(COC(=O)[C@]2(C)CC2(Cl)Cl)c(C(=O)OCC)c1C. The molecular weight excluding hydrogens is 385 g/mol. The second kappa shape index (κ2) is 7.48. The molecule has 2 rings (SSSR count). The molecule has 1 atom stereocenters. The lowest BCUT2D eigenvalue weighted by atomic mass is 10.1. The van der Waals surface area contributed by atoms with Crippen LogP contribution >= 0.6 is 23.2 Å². The van der Waals surface area contributed by atoms with E-state index in [-0.39, 0.29) is 43.2 Å². The lowest BCUT2D eigenvalue weighted by molar-refractivity contribution is -0.151. The van der Waals surface area contributed by atoms with E-state index in [0.717, 1.165) is 0 Å². The molecule has 0 spiro atoms. The van der Waals surface area contributed by atoms with Crippen molar-refractivity contribution in [1.82, 2.24) is 4.98 Å². The highest BCUT2D eigenvalue weighted by molar-refractivity contribution is 6.53. The fraction of sp³-hybridized carbons (Fsp3) is 0.588. The molecule has 1 aliphatic carbocycles. The Bertz CT molecular complexity index is 742. The van der Waals surface area contributed by atoms with Gasteiger partial charge in [0.15, 0.2) is 0 Å². The van der Waals surface area contributed by atoms with Gasteiger partial charge in [0, 0.05) is 6.42 Å². The first-order chi connectivity index (χ1) is 12.1. The number of carbonyl (C=O) groups excluding carboxylic acids is 3. The maximum absolute atomic E-state index is 12.3. The van der Waals surface area contributed by atoms with Crippen molar-refractivity contribution < 1.29 is 28.6 Å². The van der Waals surface area contributed by atoms with Gasteiger partial charge in [-0.1, -0.05) is 0 Å². The molecule has 1 fully saturated rings. The third-order valence-electron chi connectivity index (χ3n) is 4.34. The number of halogens is 2. The van der Waals surface area contributed by atoms with Crippen molar-refractivity contribution in [1.29, 1.82) is 0 Å². The summed E-state index contributed by atoms with van der Waals surface area (Å²) in [4.78, 5) is 39.4. The number of nitrogens with one attached hydrogen (secondary N) is 1. The van der Waals surface area contributed by atoms with Gasteiger partial charge < -0.3 is 19.2 Å². The number of H-pyrrole nitrogens is 1. The maximum atomic E-state index is 12.3. The van der Waals surface area contributed by atoms with Crippen LogP contribution in [0.1, 0.15) is 59.3 Å². The van der Waals surface area contributed by atoms with E-state index < -0.39 is 27.7 Å². The number of aromatic nitrogens is 1. The number of ether oxygens (including phenoxy) is 3. The third-order valence-corrected chi connectivity index (χ3v) is 5.44. The molecule has 0 aromatic carbocycles. The molecule has 26 heavy (non-hydrogen) atoms. The first kappa shape index (κ1) is 20.6. The normalized spacial score (nSPS) is 20.4. The van der Waals surface area contributed by atoms with Crippen molar-refractivity contribution in [2.75, 3.05) is 13.2 Å². The molecular formula is C17H21Cl2NO6. The van der Waals surface area contributed by atoms with Crippen molar-refractivity contribution in [3.8, 4) is 0 Å². The molecule has 0 saturated heterocycles. The van der Waals surface area contributed by atoms with Gasteiger partial charge in [-0.15, -0.1) is 23.2 Å². The zero-order valence-electron chi connectivity index (χ0n) is 15.0. The summed E-state index contributed by atoms with van der Waals surface area (Å²) >= 11 is 12.0. The molecule has 1 heterocycles. The van der Waals surface area contributed by atoms with Crippen molar-refractivity contribution in [2.24, 2.45) is 5.41 Å². The minimum atomic E-state index is -1.16. The minimum absolute atomic E-state index is 0.114. The average molecular weight is 406 g/mol. The third kappa shape index (κ3) is 3.69. The molecule has 0 radical (unpaired) electrons. The highest BCUT2D eigenvalue weighted by Crippen LogP contribution is 2.64. The lowest BCUT2D eigenvalue weighted by Crippen LogP contribution is -2.21. The van der Waals surface area contributed by atoms with Crippen LogP contribution in [0, 0.1) is 12.3 Å². The average Bonchev–Trinajstić information content (AvgIpc) is 2.92. The van der Waals surface area contributed by atoms with Gasteiger partial charge in [0.1, 0.15) is 22.0 Å². The van der Waals surface area contributed by atoms with Gasteiger partial charge in [0.05, 0.1) is 24.5 Å². The molecule has 0 unspecified atom stereocenters. The van der Waals surface area contributed by atoms with Gasteiger partial charge in [-0.3, -0.25) is 4.79 Å². The number of carbonyl (C=O) groups is 3. The number of esters is 3. The van der Waals surface area contributed by atoms with Crippen molar-refractivity contribution in [3.05, 3.63) is 22.5 Å². The van der Waals surface area contributed by atoms with Gasteiger partial charge >= 0.3 is 17.9 Å². The lowest BCUT2D eigenvalue weighted by Gasteiger charge is -2.12. The van der Waals surface area contributed by atoms with Crippen LogP contribution in [-0.2, 0) is 25.6 Å². The predicted octanol–water partition coefficient (Wildman–Crippen LogP) is 3.30. The van der Waals surface area contributed by atoms with Crippen LogP contribution in [0.5, 0.6) is 0 Å². The van der Waals surface area contributed by atoms with Gasteiger partial charge in [-0.05, 0) is 33.3 Å². The van der Waals surface area contributed by atoms with Crippen LogP contribution in [0.15, 0.2) is 0 Å². The van der Waals surface area contributed by atoms with Crippen LogP contribution in [0.2, 0.25) is 0 Å². The Morgan fingerprint density at radius 2 is 1.62 bits per heavy atom. The second-order valence-corrected chi connectivity index (χ2v) is 7.69. The molecule has 1 saturated carbocycles. The summed E-state index contributed by atoms with van der Waals surface area (Å²) in [5.41, 5.74) is -0.119. The first-order valence-corrected chi connectivity index (χ1v) is 8.95. The molecule has 0 amide bonds. The summed E-state index contributed by atoms with van der Waals surface area (Å²) < 4.78 is 14.1. The molecule has 144 valence electrons. The zero-order valence-corrected chi connectivity index (χ0v) is 16.5. The van der Waals surface area contributed by atoms with Crippen LogP contribution in [0.3, 0.4) is 0 Å². The van der Waals surface area contributed by atoms with Gasteiger partial charge in [0.25, 0.3) is 0 Å². The molecule has 1 aromatic rings. The molecule has 7 nitrogen and oxygen atoms in total. The molecule has 1 aliphatic rings. The highest BCUT2D eigenvalue weighted by Gasteiger charge is 2.69. The van der Waals surface area contributed by atoms with Crippen LogP contribution in [0.25, 0.3) is 0 Å². The minimum Gasteiger partial charge on any atom is -0.462 e. The van der Waals surface area contributed by atoms with Crippen molar-refractivity contribution >= 4 is 41.1 Å². The number of aromatic amines is 1. The van der Waals surface area contributed by atoms with E-state index in [0.29, 0.717) is 5.56 Å². The summed E-state index contributed by atoms with van der Waals surface area (Å²) in [7, 11) is 0. The Morgan fingerprint density at radius 1 is 1.08 bits per heavy atom. The molecule has 1 aromatic heterocycles. The topological polar surface area (TPSA) is 94.7 Å². The zero-order chi connectivity index (χ0) is 19.7. The molecule has 0 bridgehead atoms. The Labute approximate surface area is 161 Å². The van der Waals surface area contributed by atoms with E-state index >= 15 is 0 Å². The summed E-state index contributed by atoms with van der Waals surface area (Å²) in [6.45, 7) is 6.62. The van der Waals surface area contributed by atoms with E-state index in [2.05, 4.69) is 4.98 Å². The summed E-state index contributed by atoms with van der Waals surface area (Å²) in [5, 5.41) is 0. The van der Waals surface area contributed by atoms with Crippen LogP contribution < -0.4 is 0 Å². The van der Waals surface area contributed by atoms with E-state index in [9.17, 15) is 14.4 Å². The first-order valence-electron chi connectivity index (χ1n) is 8.19. The second-order valence-electron chi connectivity index (χ2n) is 6.21. The smallest absolute Gasteiger partial charge is 0.355 e. The fourth-order valence-electron chi connectivity index (χ4n) is 2.57. The monoisotopic (exact) mass is 405 g/mol. The van der Waals surface area contributed by atoms with Gasteiger partial charge in [-0.25, -0.2) is 9.59 Å². The fourth-order valence-corrected chi connectivity index (χ4v) is 3.26. The van der Waals surface area contributed by atoms with Crippen molar-refractivity contribution in [3.63, 3.8) is 0 Å². The largest absolute Gasteiger partial charge is 0.462 e. The van der Waals surface area contributed by atoms with Crippen LogP contribution in [0.4, 0.5) is 0 Å². The molecule has 9 heteroatoms. The molecule has 1 N–H and O–H groups in total. The van der Waals surface area contributed by atoms with Crippen molar-refractivity contribution in [2.45, 2.75) is 45.1 Å². The van der Waals surface area contributed by atoms with E-state index in [4.69, 9.17) is 37.4 Å². The number of rotatable bonds is 7. The van der Waals surface area contributed by atoms with E-state index in [1.54, 1.807) is 27.7 Å². The van der Waals surface area contributed by atoms with E-state index in [1.165, 1.54) is 0 Å². The number of hydrogen-bond donors (Lipinski definition) is 1. The Kier molecular flexibility index (Phi) is 5.92. The summed E-state index contributed by atoms with van der Waals surface area (Å²) in [6.07, 6.45) is 0.282. The van der Waals surface area contributed by atoms with Gasteiger partial charge in [0.2, 0.25) is 0 Å². The van der Waals surface area contributed by atoms with E-state index in [1.807, 2.05) is 0 Å². The number of alkyl halides is 2. The standard InChI is InChI=1S/C17H21Cl2NO6/c1-5-24-13(21)11-9(3)12(14(22)25-6-2)20-10(11)7-26-15(23)16(4)8-17(16,18)19/h20H,5-8H2,1-4H3/t16-/m0/s1. The van der Waals surface area contributed by atoms with Gasteiger partial charge in [-0.2, -0.15) is 0 Å². The molecule has 0 aliphatic heterocycles. The maximum Gasteiger partial charge on any atom is 0.355 e. The quantitative estimate of drug-likeness (QED) is 0.424. The summed E-state index contributed by atoms with van der Waals surface area (Å²) in [5.74, 6) is -1.81. The predicted molar refractivity (Wildman–Crippen MR) is 94.4 cm³/mol. The summed E-state index contributed by atoms with van der Waals surface area (Å²) in [6, 6.07) is 0. The van der Waals surface area contributed by atoms with Crippen LogP contribution in [-0.4, -0.2) is 40.4 Å². The Hall–Kier alpha value is -1.73.